The Morgan fingerprint density at radius 3 is 2.68 bits per heavy atom. The molecule has 4 rings (SSSR count). The molecule has 0 amide bonds. The second kappa shape index (κ2) is 7.87. The van der Waals surface area contributed by atoms with Gasteiger partial charge in [-0.05, 0) is 35.9 Å². The summed E-state index contributed by atoms with van der Waals surface area (Å²) in [7, 11) is 0. The summed E-state index contributed by atoms with van der Waals surface area (Å²) in [5.74, 6) is 1.41. The largest absolute Gasteiger partial charge is 0.454 e. The van der Waals surface area contributed by atoms with E-state index in [0.717, 1.165) is 35.0 Å². The molecule has 1 aliphatic rings. The molecule has 0 unspecified atom stereocenters. The number of hydrogen-bond acceptors (Lipinski definition) is 4. The molecule has 0 bridgehead atoms. The van der Waals surface area contributed by atoms with E-state index in [2.05, 4.69) is 5.32 Å². The van der Waals surface area contributed by atoms with Gasteiger partial charge in [0.05, 0.1) is 0 Å². The van der Waals surface area contributed by atoms with Crippen molar-refractivity contribution in [3.05, 3.63) is 70.9 Å². The zero-order valence-electron chi connectivity index (χ0n) is 13.3. The predicted octanol–water partition coefficient (Wildman–Crippen LogP) is 4.99. The van der Waals surface area contributed by atoms with Gasteiger partial charge in [0.2, 0.25) is 6.79 Å². The number of fused-ring (bicyclic) bond motifs is 1. The Morgan fingerprint density at radius 1 is 0.960 bits per heavy atom. The van der Waals surface area contributed by atoms with Crippen LogP contribution in [0.3, 0.4) is 0 Å². The Morgan fingerprint density at radius 2 is 1.80 bits per heavy atom. The van der Waals surface area contributed by atoms with Crippen LogP contribution in [0.2, 0.25) is 0 Å². The van der Waals surface area contributed by atoms with E-state index in [-0.39, 0.29) is 18.2 Å². The lowest BCUT2D eigenvalue weighted by Gasteiger charge is -2.05. The van der Waals surface area contributed by atoms with Gasteiger partial charge < -0.3 is 14.8 Å². The third-order valence-electron chi connectivity index (χ3n) is 3.87. The smallest absolute Gasteiger partial charge is 0.231 e. The maximum Gasteiger partial charge on any atom is 0.231 e. The number of thiophene rings is 1. The predicted molar refractivity (Wildman–Crippen MR) is 100 cm³/mol. The van der Waals surface area contributed by atoms with Crippen molar-refractivity contribution in [1.29, 1.82) is 0 Å². The van der Waals surface area contributed by atoms with Gasteiger partial charge in [-0.2, -0.15) is 0 Å². The molecule has 1 N–H and O–H groups in total. The number of rotatable bonds is 5. The average molecular weight is 378 g/mol. The maximum atomic E-state index is 13.8. The summed E-state index contributed by atoms with van der Waals surface area (Å²) in [6, 6.07) is 16.8. The minimum Gasteiger partial charge on any atom is -0.454 e. The van der Waals surface area contributed by atoms with Crippen LogP contribution in [0.5, 0.6) is 11.5 Å². The van der Waals surface area contributed by atoms with Crippen LogP contribution in [0, 0.1) is 5.82 Å². The highest BCUT2D eigenvalue weighted by Crippen LogP contribution is 2.33. The first-order valence-electron chi connectivity index (χ1n) is 7.72. The molecule has 0 aliphatic carbocycles. The van der Waals surface area contributed by atoms with Crippen molar-refractivity contribution in [3.63, 3.8) is 0 Å². The monoisotopic (exact) mass is 377 g/mol. The lowest BCUT2D eigenvalue weighted by molar-refractivity contribution is 0.174. The molecule has 0 fully saturated rings. The second-order valence-electron chi connectivity index (χ2n) is 5.54. The Hall–Kier alpha value is -2.08. The molecule has 2 aromatic carbocycles. The first-order chi connectivity index (χ1) is 11.8. The first kappa shape index (κ1) is 17.7. The van der Waals surface area contributed by atoms with Gasteiger partial charge in [0.1, 0.15) is 5.82 Å². The van der Waals surface area contributed by atoms with Crippen molar-refractivity contribution in [2.75, 3.05) is 6.79 Å². The molecule has 2 heterocycles. The molecular formula is C19H17ClFNO2S. The van der Waals surface area contributed by atoms with Crippen LogP contribution in [-0.2, 0) is 13.1 Å². The molecule has 6 heteroatoms. The number of ether oxygens (including phenoxy) is 2. The summed E-state index contributed by atoms with van der Waals surface area (Å²) in [6.45, 7) is 1.78. The summed E-state index contributed by atoms with van der Waals surface area (Å²) >= 11 is 1.61. The normalized spacial score (nSPS) is 12.0. The minimum atomic E-state index is -0.181. The minimum absolute atomic E-state index is 0. The highest BCUT2D eigenvalue weighted by molar-refractivity contribution is 7.15. The Balaban J connectivity index is 0.00000182. The van der Waals surface area contributed by atoms with Crippen LogP contribution >= 0.6 is 23.7 Å². The highest BCUT2D eigenvalue weighted by atomic mass is 35.5. The fourth-order valence-electron chi connectivity index (χ4n) is 2.66. The SMILES string of the molecule is Cl.Fc1ccccc1-c1ccc(CNCc2ccc3c(c2)OCO3)s1. The van der Waals surface area contributed by atoms with Crippen LogP contribution in [0.4, 0.5) is 4.39 Å². The Labute approximate surface area is 155 Å². The zero-order valence-corrected chi connectivity index (χ0v) is 15.0. The van der Waals surface area contributed by atoms with Crippen molar-refractivity contribution >= 4 is 23.7 Å². The Bertz CT molecular complexity index is 868. The fraction of sp³-hybridized carbons (Fsp3) is 0.158. The van der Waals surface area contributed by atoms with Crippen LogP contribution in [0.1, 0.15) is 10.4 Å². The maximum absolute atomic E-state index is 13.8. The highest BCUT2D eigenvalue weighted by Gasteiger charge is 2.13. The fourth-order valence-corrected chi connectivity index (χ4v) is 3.66. The van der Waals surface area contributed by atoms with E-state index >= 15 is 0 Å². The van der Waals surface area contributed by atoms with E-state index < -0.39 is 0 Å². The first-order valence-corrected chi connectivity index (χ1v) is 8.54. The standard InChI is InChI=1S/C19H16FNO2S.ClH/c20-16-4-2-1-3-15(16)19-8-6-14(24-19)11-21-10-13-5-7-17-18(9-13)23-12-22-17;/h1-9,21H,10-12H2;1H. The van der Waals surface area contributed by atoms with Crippen LogP contribution in [0.15, 0.2) is 54.6 Å². The van der Waals surface area contributed by atoms with Gasteiger partial charge >= 0.3 is 0 Å². The molecule has 1 aromatic heterocycles. The van der Waals surface area contributed by atoms with Crippen molar-refractivity contribution < 1.29 is 13.9 Å². The lowest BCUT2D eigenvalue weighted by atomic mass is 10.2. The number of hydrogen-bond donors (Lipinski definition) is 1. The second-order valence-corrected chi connectivity index (χ2v) is 6.71. The lowest BCUT2D eigenvalue weighted by Crippen LogP contribution is -2.11. The molecule has 0 radical (unpaired) electrons. The van der Waals surface area contributed by atoms with Crippen molar-refractivity contribution in [1.82, 2.24) is 5.32 Å². The van der Waals surface area contributed by atoms with Gasteiger partial charge in [-0.25, -0.2) is 4.39 Å². The van der Waals surface area contributed by atoms with Gasteiger partial charge in [0.25, 0.3) is 0 Å². The van der Waals surface area contributed by atoms with Gasteiger partial charge in [-0.1, -0.05) is 24.3 Å². The number of benzene rings is 2. The molecule has 3 aromatic rings. The molecule has 3 nitrogen and oxygen atoms in total. The van der Waals surface area contributed by atoms with Crippen LogP contribution in [-0.4, -0.2) is 6.79 Å². The number of nitrogens with one attached hydrogen (secondary N) is 1. The van der Waals surface area contributed by atoms with E-state index in [0.29, 0.717) is 12.4 Å². The zero-order chi connectivity index (χ0) is 16.4. The average Bonchev–Trinajstić information content (AvgIpc) is 3.24. The Kier molecular flexibility index (Phi) is 5.58. The molecule has 0 spiro atoms. The van der Waals surface area contributed by atoms with Crippen molar-refractivity contribution in [2.24, 2.45) is 0 Å². The molecule has 1 aliphatic heterocycles. The third kappa shape index (κ3) is 3.95. The summed E-state index contributed by atoms with van der Waals surface area (Å²) in [5.41, 5.74) is 1.80. The summed E-state index contributed by atoms with van der Waals surface area (Å²) < 4.78 is 24.5. The molecule has 25 heavy (non-hydrogen) atoms. The van der Waals surface area contributed by atoms with Gasteiger partial charge in [0.15, 0.2) is 11.5 Å². The summed E-state index contributed by atoms with van der Waals surface area (Å²) in [6.07, 6.45) is 0. The summed E-state index contributed by atoms with van der Waals surface area (Å²) in [4.78, 5) is 2.13. The van der Waals surface area contributed by atoms with E-state index in [1.54, 1.807) is 17.4 Å². The van der Waals surface area contributed by atoms with Gasteiger partial charge in [0, 0.05) is 28.4 Å². The van der Waals surface area contributed by atoms with E-state index in [1.807, 2.05) is 42.5 Å². The molecular weight excluding hydrogens is 361 g/mol. The molecule has 0 atom stereocenters. The van der Waals surface area contributed by atoms with Crippen LogP contribution < -0.4 is 14.8 Å². The molecule has 0 saturated carbocycles. The quantitative estimate of drug-likeness (QED) is 0.679. The van der Waals surface area contributed by atoms with Crippen molar-refractivity contribution in [2.45, 2.75) is 13.1 Å². The third-order valence-corrected chi connectivity index (χ3v) is 4.98. The summed E-state index contributed by atoms with van der Waals surface area (Å²) in [5, 5.41) is 3.41. The van der Waals surface area contributed by atoms with Crippen molar-refractivity contribution in [3.8, 4) is 21.9 Å². The van der Waals surface area contributed by atoms with Crippen LogP contribution in [0.25, 0.3) is 10.4 Å². The molecule has 130 valence electrons. The number of halogens is 2. The van der Waals surface area contributed by atoms with E-state index in [4.69, 9.17) is 9.47 Å². The van der Waals surface area contributed by atoms with E-state index in [1.165, 1.54) is 10.9 Å². The van der Waals surface area contributed by atoms with Gasteiger partial charge in [-0.15, -0.1) is 23.7 Å². The topological polar surface area (TPSA) is 30.5 Å². The van der Waals surface area contributed by atoms with E-state index in [9.17, 15) is 4.39 Å². The van der Waals surface area contributed by atoms with Gasteiger partial charge in [-0.3, -0.25) is 0 Å². The molecule has 0 saturated heterocycles.